The van der Waals surface area contributed by atoms with Crippen molar-refractivity contribution in [2.45, 2.75) is 37.8 Å². The van der Waals surface area contributed by atoms with E-state index in [9.17, 15) is 18.0 Å². The molecule has 3 heterocycles. The number of carbonyl (C=O) groups is 1. The average molecular weight is 469 g/mol. The molecule has 4 aromatic rings. The molecule has 1 aliphatic rings. The van der Waals surface area contributed by atoms with Crippen LogP contribution in [0.4, 0.5) is 19.0 Å². The van der Waals surface area contributed by atoms with Crippen LogP contribution in [0, 0.1) is 17.5 Å². The summed E-state index contributed by atoms with van der Waals surface area (Å²) >= 11 is 0. The number of aromatic amines is 1. The Morgan fingerprint density at radius 3 is 2.76 bits per heavy atom. The van der Waals surface area contributed by atoms with Crippen LogP contribution in [0.5, 0.6) is 0 Å². The zero-order valence-corrected chi connectivity index (χ0v) is 18.3. The van der Waals surface area contributed by atoms with Gasteiger partial charge in [0.25, 0.3) is 5.91 Å². The van der Waals surface area contributed by atoms with Gasteiger partial charge in [0.1, 0.15) is 11.6 Å². The third kappa shape index (κ3) is 4.20. The number of H-pyrrole nitrogens is 1. The van der Waals surface area contributed by atoms with E-state index in [2.05, 4.69) is 30.6 Å². The maximum Gasteiger partial charge on any atom is 0.287 e. The van der Waals surface area contributed by atoms with E-state index in [1.54, 1.807) is 24.0 Å². The Morgan fingerprint density at radius 2 is 1.97 bits per heavy atom. The highest BCUT2D eigenvalue weighted by Crippen LogP contribution is 2.30. The molecule has 176 valence electrons. The summed E-state index contributed by atoms with van der Waals surface area (Å²) in [6.07, 6.45) is 8.76. The number of halogens is 3. The fraction of sp³-hybridized carbons (Fsp3) is 0.304. The number of rotatable bonds is 5. The fourth-order valence-electron chi connectivity index (χ4n) is 4.42. The summed E-state index contributed by atoms with van der Waals surface area (Å²) < 4.78 is 44.0. The molecule has 0 radical (unpaired) electrons. The van der Waals surface area contributed by atoms with Crippen LogP contribution in [0.3, 0.4) is 0 Å². The lowest BCUT2D eigenvalue weighted by Crippen LogP contribution is -2.42. The number of imidazole rings is 1. The molecule has 0 spiro atoms. The molecule has 1 fully saturated rings. The van der Waals surface area contributed by atoms with Crippen LogP contribution in [0.2, 0.25) is 0 Å². The quantitative estimate of drug-likeness (QED) is 0.411. The molecule has 1 aliphatic carbocycles. The molecular weight excluding hydrogens is 447 g/mol. The lowest BCUT2D eigenvalue weighted by atomic mass is 9.91. The van der Waals surface area contributed by atoms with Crippen LogP contribution in [0.25, 0.3) is 22.3 Å². The molecule has 2 atom stereocenters. The number of nitrogens with one attached hydrogen (secondary N) is 3. The third-order valence-corrected chi connectivity index (χ3v) is 6.07. The van der Waals surface area contributed by atoms with Crippen LogP contribution in [0.1, 0.15) is 36.3 Å². The number of amides is 1. The minimum atomic E-state index is -0.734. The SMILES string of the molecule is Cn1ccnc1C(=O)N[C@H]1CCC[C@@H](Nc2nc(-c3c[nH]c4c(F)cc(F)cc34)ncc2F)C1. The van der Waals surface area contributed by atoms with E-state index in [0.717, 1.165) is 31.5 Å². The highest BCUT2D eigenvalue weighted by molar-refractivity contribution is 5.94. The molecule has 1 aromatic carbocycles. The minimum absolute atomic E-state index is 0.00250. The molecule has 0 aliphatic heterocycles. The Labute approximate surface area is 192 Å². The first-order valence-corrected chi connectivity index (χ1v) is 10.9. The number of fused-ring (bicyclic) bond motifs is 1. The van der Waals surface area contributed by atoms with Crippen molar-refractivity contribution >= 4 is 22.6 Å². The van der Waals surface area contributed by atoms with Crippen molar-refractivity contribution in [2.75, 3.05) is 5.32 Å². The largest absolute Gasteiger partial charge is 0.365 e. The maximum absolute atomic E-state index is 14.5. The van der Waals surface area contributed by atoms with E-state index < -0.39 is 17.5 Å². The summed E-state index contributed by atoms with van der Waals surface area (Å²) in [4.78, 5) is 27.6. The molecule has 8 nitrogen and oxygen atoms in total. The number of carbonyl (C=O) groups excluding carboxylic acids is 1. The fourth-order valence-corrected chi connectivity index (χ4v) is 4.42. The van der Waals surface area contributed by atoms with Crippen molar-refractivity contribution in [1.82, 2.24) is 29.8 Å². The number of nitrogens with zero attached hydrogens (tertiary/aromatic N) is 4. The predicted octanol–water partition coefficient (Wildman–Crippen LogP) is 3.93. The van der Waals surface area contributed by atoms with Crippen molar-refractivity contribution in [3.05, 3.63) is 60.2 Å². The van der Waals surface area contributed by atoms with Crippen molar-refractivity contribution in [2.24, 2.45) is 7.05 Å². The monoisotopic (exact) mass is 469 g/mol. The van der Waals surface area contributed by atoms with Crippen LogP contribution in [0.15, 0.2) is 36.9 Å². The van der Waals surface area contributed by atoms with Gasteiger partial charge in [-0.25, -0.2) is 28.1 Å². The Kier molecular flexibility index (Phi) is 5.68. The van der Waals surface area contributed by atoms with Gasteiger partial charge in [0.05, 0.1) is 11.7 Å². The smallest absolute Gasteiger partial charge is 0.287 e. The topological polar surface area (TPSA) is 101 Å². The average Bonchev–Trinajstić information content (AvgIpc) is 3.42. The van der Waals surface area contributed by atoms with Crippen LogP contribution >= 0.6 is 0 Å². The molecule has 0 bridgehead atoms. The first kappa shape index (κ1) is 21.9. The Bertz CT molecular complexity index is 1370. The molecule has 11 heteroatoms. The first-order valence-electron chi connectivity index (χ1n) is 10.9. The maximum atomic E-state index is 14.5. The molecule has 0 unspecified atom stereocenters. The van der Waals surface area contributed by atoms with Crippen LogP contribution < -0.4 is 10.6 Å². The summed E-state index contributed by atoms with van der Waals surface area (Å²) in [5, 5.41) is 6.38. The number of aryl methyl sites for hydroxylation is 1. The summed E-state index contributed by atoms with van der Waals surface area (Å²) in [5.41, 5.74) is 0.484. The van der Waals surface area contributed by atoms with Gasteiger partial charge >= 0.3 is 0 Å². The zero-order valence-electron chi connectivity index (χ0n) is 18.3. The van der Waals surface area contributed by atoms with Gasteiger partial charge < -0.3 is 20.2 Å². The van der Waals surface area contributed by atoms with E-state index in [0.29, 0.717) is 17.8 Å². The third-order valence-electron chi connectivity index (χ3n) is 6.07. The van der Waals surface area contributed by atoms with Gasteiger partial charge in [0.2, 0.25) is 0 Å². The number of benzene rings is 1. The summed E-state index contributed by atoms with van der Waals surface area (Å²) in [6.45, 7) is 0. The van der Waals surface area contributed by atoms with E-state index in [-0.39, 0.29) is 40.5 Å². The van der Waals surface area contributed by atoms with Crippen molar-refractivity contribution in [3.63, 3.8) is 0 Å². The van der Waals surface area contributed by atoms with Crippen LogP contribution in [-0.2, 0) is 7.05 Å². The van der Waals surface area contributed by atoms with Gasteiger partial charge in [-0.3, -0.25) is 4.79 Å². The van der Waals surface area contributed by atoms with Gasteiger partial charge in [-0.2, -0.15) is 0 Å². The lowest BCUT2D eigenvalue weighted by molar-refractivity contribution is 0.0912. The van der Waals surface area contributed by atoms with Gasteiger partial charge in [-0.1, -0.05) is 0 Å². The summed E-state index contributed by atoms with van der Waals surface area (Å²) in [5.74, 6) is -1.90. The van der Waals surface area contributed by atoms with Crippen molar-refractivity contribution in [3.8, 4) is 11.4 Å². The molecule has 1 amide bonds. The number of aromatic nitrogens is 5. The second-order valence-electron chi connectivity index (χ2n) is 8.44. The Morgan fingerprint density at radius 1 is 1.15 bits per heavy atom. The molecule has 3 N–H and O–H groups in total. The highest BCUT2D eigenvalue weighted by atomic mass is 19.1. The molecule has 1 saturated carbocycles. The predicted molar refractivity (Wildman–Crippen MR) is 120 cm³/mol. The van der Waals surface area contributed by atoms with E-state index >= 15 is 0 Å². The second-order valence-corrected chi connectivity index (χ2v) is 8.44. The second kappa shape index (κ2) is 8.81. The molecule has 34 heavy (non-hydrogen) atoms. The molecule has 0 saturated heterocycles. The number of hydrogen-bond donors (Lipinski definition) is 3. The normalized spacial score (nSPS) is 18.2. The Hall–Kier alpha value is -3.89. The highest BCUT2D eigenvalue weighted by Gasteiger charge is 2.26. The molecular formula is C23H22F3N7O. The van der Waals surface area contributed by atoms with Crippen LogP contribution in [-0.4, -0.2) is 42.5 Å². The first-order chi connectivity index (χ1) is 16.4. The molecule has 5 rings (SSSR count). The summed E-state index contributed by atoms with van der Waals surface area (Å²) in [7, 11) is 1.75. The molecule has 3 aromatic heterocycles. The zero-order chi connectivity index (χ0) is 23.8. The van der Waals surface area contributed by atoms with E-state index in [1.807, 2.05) is 0 Å². The van der Waals surface area contributed by atoms with Gasteiger partial charge in [0.15, 0.2) is 23.3 Å². The van der Waals surface area contributed by atoms with E-state index in [1.165, 1.54) is 12.3 Å². The van der Waals surface area contributed by atoms with E-state index in [4.69, 9.17) is 0 Å². The van der Waals surface area contributed by atoms with Crippen molar-refractivity contribution in [1.29, 1.82) is 0 Å². The lowest BCUT2D eigenvalue weighted by Gasteiger charge is -2.30. The standard InChI is InChI=1S/C23H22F3N7O/c1-33-6-5-27-22(33)23(34)31-14-4-2-3-13(9-14)30-21-18(26)11-29-20(32-21)16-10-28-19-15(16)7-12(24)8-17(19)25/h5-8,10-11,13-14,28H,2-4,9H2,1H3,(H,31,34)(H,29,30,32)/t13-,14+/m1/s1. The minimum Gasteiger partial charge on any atom is -0.365 e. The Balaban J connectivity index is 1.33. The van der Waals surface area contributed by atoms with Gasteiger partial charge in [-0.15, -0.1) is 0 Å². The van der Waals surface area contributed by atoms with Gasteiger partial charge in [-0.05, 0) is 31.7 Å². The number of hydrogen-bond acceptors (Lipinski definition) is 5. The number of anilines is 1. The van der Waals surface area contributed by atoms with Gasteiger partial charge in [0, 0.05) is 54.7 Å². The summed E-state index contributed by atoms with van der Waals surface area (Å²) in [6, 6.07) is 1.74. The van der Waals surface area contributed by atoms with Crippen molar-refractivity contribution < 1.29 is 18.0 Å².